The maximum absolute atomic E-state index is 5.34. The average molecular weight is 359 g/mol. The van der Waals surface area contributed by atoms with E-state index in [2.05, 4.69) is 39.6 Å². The van der Waals surface area contributed by atoms with E-state index in [1.165, 1.54) is 5.56 Å². The zero-order chi connectivity index (χ0) is 14.4. The predicted molar refractivity (Wildman–Crippen MR) is 89.5 cm³/mol. The van der Waals surface area contributed by atoms with Gasteiger partial charge in [0.15, 0.2) is 5.11 Å². The Kier molecular flexibility index (Phi) is 6.22. The minimum absolute atomic E-state index is 0.680. The number of hydrogen-bond donors (Lipinski definition) is 3. The first-order valence-corrected chi connectivity index (χ1v) is 8.07. The number of nitrogens with one attached hydrogen (secondary N) is 3. The van der Waals surface area contributed by atoms with E-state index >= 15 is 0 Å². The van der Waals surface area contributed by atoms with Crippen molar-refractivity contribution in [3.63, 3.8) is 0 Å². The number of quaternary nitrogens is 1. The lowest BCUT2D eigenvalue weighted by molar-refractivity contribution is -0.906. The molecule has 1 heterocycles. The van der Waals surface area contributed by atoms with E-state index in [0.717, 1.165) is 49.6 Å². The second-order valence-corrected chi connectivity index (χ2v) is 6.22. The van der Waals surface area contributed by atoms with Crippen molar-refractivity contribution in [1.82, 2.24) is 5.32 Å². The zero-order valence-electron chi connectivity index (χ0n) is 11.7. The fourth-order valence-corrected chi connectivity index (χ4v) is 2.63. The topological polar surface area (TPSA) is 37.7 Å². The van der Waals surface area contributed by atoms with Crippen molar-refractivity contribution in [2.45, 2.75) is 6.92 Å². The molecule has 0 saturated carbocycles. The maximum atomic E-state index is 5.34. The summed E-state index contributed by atoms with van der Waals surface area (Å²) in [5.74, 6) is 0. The summed E-state index contributed by atoms with van der Waals surface area (Å²) in [7, 11) is 0. The Bertz CT molecular complexity index is 464. The van der Waals surface area contributed by atoms with Crippen LogP contribution in [0.15, 0.2) is 22.7 Å². The molecule has 1 aromatic rings. The monoisotopic (exact) mass is 358 g/mol. The van der Waals surface area contributed by atoms with Gasteiger partial charge in [0, 0.05) is 10.2 Å². The van der Waals surface area contributed by atoms with Crippen molar-refractivity contribution in [1.29, 1.82) is 0 Å². The number of hydrogen-bond acceptors (Lipinski definition) is 2. The van der Waals surface area contributed by atoms with Crippen molar-refractivity contribution in [3.8, 4) is 0 Å². The SMILES string of the molecule is Cc1cc(NC(=S)NCC[NH+]2CCOCC2)ccc1Br. The summed E-state index contributed by atoms with van der Waals surface area (Å²) in [5, 5.41) is 7.15. The van der Waals surface area contributed by atoms with Gasteiger partial charge in [-0.05, 0) is 42.9 Å². The number of rotatable bonds is 4. The van der Waals surface area contributed by atoms with Crippen LogP contribution in [0.4, 0.5) is 5.69 Å². The third kappa shape index (κ3) is 5.01. The summed E-state index contributed by atoms with van der Waals surface area (Å²) in [6.07, 6.45) is 0. The molecule has 1 aliphatic rings. The summed E-state index contributed by atoms with van der Waals surface area (Å²) >= 11 is 8.80. The number of halogens is 1. The molecule has 1 fully saturated rings. The van der Waals surface area contributed by atoms with E-state index in [-0.39, 0.29) is 0 Å². The maximum Gasteiger partial charge on any atom is 0.170 e. The number of benzene rings is 1. The number of aryl methyl sites for hydroxylation is 1. The van der Waals surface area contributed by atoms with Gasteiger partial charge >= 0.3 is 0 Å². The number of anilines is 1. The summed E-state index contributed by atoms with van der Waals surface area (Å²) in [6, 6.07) is 6.11. The van der Waals surface area contributed by atoms with Gasteiger partial charge in [0.1, 0.15) is 13.1 Å². The Labute approximate surface area is 134 Å². The van der Waals surface area contributed by atoms with Crippen LogP contribution in [-0.4, -0.2) is 44.5 Å². The molecular formula is C14H21BrN3OS+. The van der Waals surface area contributed by atoms with Gasteiger partial charge in [-0.15, -0.1) is 0 Å². The Morgan fingerprint density at radius 1 is 1.40 bits per heavy atom. The first-order chi connectivity index (χ1) is 9.65. The highest BCUT2D eigenvalue weighted by atomic mass is 79.9. The lowest BCUT2D eigenvalue weighted by Gasteiger charge is -2.24. The van der Waals surface area contributed by atoms with Gasteiger partial charge in [0.25, 0.3) is 0 Å². The van der Waals surface area contributed by atoms with Crippen LogP contribution in [0, 0.1) is 6.92 Å². The van der Waals surface area contributed by atoms with Crippen LogP contribution < -0.4 is 15.5 Å². The van der Waals surface area contributed by atoms with Gasteiger partial charge in [0.05, 0.1) is 26.3 Å². The first kappa shape index (κ1) is 15.7. The quantitative estimate of drug-likeness (QED) is 0.701. The summed E-state index contributed by atoms with van der Waals surface area (Å²) in [4.78, 5) is 1.58. The molecule has 0 atom stereocenters. The zero-order valence-corrected chi connectivity index (χ0v) is 14.1. The summed E-state index contributed by atoms with van der Waals surface area (Å²) in [6.45, 7) is 7.95. The fourth-order valence-electron chi connectivity index (χ4n) is 2.16. The summed E-state index contributed by atoms with van der Waals surface area (Å²) in [5.41, 5.74) is 2.21. The van der Waals surface area contributed by atoms with Crippen LogP contribution in [0.25, 0.3) is 0 Å². The highest BCUT2D eigenvalue weighted by Gasteiger charge is 2.12. The molecule has 1 aromatic carbocycles. The van der Waals surface area contributed by atoms with Gasteiger partial charge in [-0.2, -0.15) is 0 Å². The van der Waals surface area contributed by atoms with Gasteiger partial charge in [-0.1, -0.05) is 15.9 Å². The van der Waals surface area contributed by atoms with E-state index in [1.54, 1.807) is 4.90 Å². The van der Waals surface area contributed by atoms with Crippen LogP contribution >= 0.6 is 28.1 Å². The van der Waals surface area contributed by atoms with Crippen molar-refractivity contribution < 1.29 is 9.64 Å². The van der Waals surface area contributed by atoms with Crippen LogP contribution in [0.5, 0.6) is 0 Å². The molecule has 0 amide bonds. The molecule has 0 spiro atoms. The normalized spacial score (nSPS) is 15.9. The molecule has 0 bridgehead atoms. The number of thiocarbonyl (C=S) groups is 1. The van der Waals surface area contributed by atoms with Crippen LogP contribution in [0.1, 0.15) is 5.56 Å². The van der Waals surface area contributed by atoms with Crippen LogP contribution in [0.2, 0.25) is 0 Å². The lowest BCUT2D eigenvalue weighted by Crippen LogP contribution is -3.14. The Balaban J connectivity index is 1.70. The molecule has 0 radical (unpaired) electrons. The third-order valence-electron chi connectivity index (χ3n) is 3.38. The van der Waals surface area contributed by atoms with Crippen molar-refractivity contribution in [2.24, 2.45) is 0 Å². The molecule has 1 saturated heterocycles. The van der Waals surface area contributed by atoms with Gasteiger partial charge in [-0.3, -0.25) is 0 Å². The Hall–Kier alpha value is -0.690. The van der Waals surface area contributed by atoms with Crippen molar-refractivity contribution in [2.75, 3.05) is 44.7 Å². The van der Waals surface area contributed by atoms with Gasteiger partial charge in [-0.25, -0.2) is 0 Å². The highest BCUT2D eigenvalue weighted by Crippen LogP contribution is 2.19. The molecule has 0 aliphatic carbocycles. The minimum atomic E-state index is 0.680. The van der Waals surface area contributed by atoms with E-state index in [1.807, 2.05) is 12.1 Å². The molecule has 3 N–H and O–H groups in total. The predicted octanol–water partition coefficient (Wildman–Crippen LogP) is 0.959. The smallest absolute Gasteiger partial charge is 0.170 e. The summed E-state index contributed by atoms with van der Waals surface area (Å²) < 4.78 is 6.45. The van der Waals surface area contributed by atoms with E-state index < -0.39 is 0 Å². The van der Waals surface area contributed by atoms with Gasteiger partial charge in [0.2, 0.25) is 0 Å². The molecule has 0 aromatic heterocycles. The lowest BCUT2D eigenvalue weighted by atomic mass is 10.2. The average Bonchev–Trinajstić information content (AvgIpc) is 2.44. The molecule has 0 unspecified atom stereocenters. The number of morpholine rings is 1. The highest BCUT2D eigenvalue weighted by molar-refractivity contribution is 9.10. The second kappa shape index (κ2) is 7.93. The van der Waals surface area contributed by atoms with Crippen molar-refractivity contribution in [3.05, 3.63) is 28.2 Å². The Morgan fingerprint density at radius 2 is 2.15 bits per heavy atom. The molecule has 2 rings (SSSR count). The second-order valence-electron chi connectivity index (χ2n) is 4.96. The van der Waals surface area contributed by atoms with E-state index in [9.17, 15) is 0 Å². The van der Waals surface area contributed by atoms with Gasteiger partial charge < -0.3 is 20.3 Å². The van der Waals surface area contributed by atoms with Crippen LogP contribution in [-0.2, 0) is 4.74 Å². The number of ether oxygens (including phenoxy) is 1. The molecular weight excluding hydrogens is 338 g/mol. The van der Waals surface area contributed by atoms with Crippen molar-refractivity contribution >= 4 is 38.9 Å². The largest absolute Gasteiger partial charge is 0.370 e. The minimum Gasteiger partial charge on any atom is -0.370 e. The molecule has 110 valence electrons. The molecule has 1 aliphatic heterocycles. The van der Waals surface area contributed by atoms with E-state index in [0.29, 0.717) is 5.11 Å². The first-order valence-electron chi connectivity index (χ1n) is 6.87. The van der Waals surface area contributed by atoms with Crippen LogP contribution in [0.3, 0.4) is 0 Å². The molecule has 4 nitrogen and oxygen atoms in total. The standard InChI is InChI=1S/C14H20BrN3OS/c1-11-10-12(2-3-13(11)15)17-14(20)16-4-5-18-6-8-19-9-7-18/h2-3,10H,4-9H2,1H3,(H2,16,17,20)/p+1. The fraction of sp³-hybridized carbons (Fsp3) is 0.500. The Morgan fingerprint density at radius 3 is 2.85 bits per heavy atom. The third-order valence-corrected chi connectivity index (χ3v) is 4.52. The van der Waals surface area contributed by atoms with E-state index in [4.69, 9.17) is 17.0 Å². The molecule has 6 heteroatoms. The molecule has 20 heavy (non-hydrogen) atoms.